The first kappa shape index (κ1) is 27.9. The van der Waals surface area contributed by atoms with Crippen LogP contribution in [0.2, 0.25) is 0 Å². The van der Waals surface area contributed by atoms with Crippen molar-refractivity contribution in [2.75, 3.05) is 24.1 Å². The van der Waals surface area contributed by atoms with Gasteiger partial charge < -0.3 is 10.2 Å². The molecule has 4 aromatic rings. The number of rotatable bonds is 8. The number of halogens is 1. The van der Waals surface area contributed by atoms with Gasteiger partial charge in [0.2, 0.25) is 5.95 Å². The maximum absolute atomic E-state index is 14.1. The second-order valence-electron chi connectivity index (χ2n) is 10.4. The summed E-state index contributed by atoms with van der Waals surface area (Å²) in [6, 6.07) is 11.5. The topological polar surface area (TPSA) is 113 Å². The molecule has 0 atom stereocenters. The fourth-order valence-corrected chi connectivity index (χ4v) is 6.31. The molecule has 1 aliphatic carbocycles. The number of aryl methyl sites for hydroxylation is 2. The summed E-state index contributed by atoms with van der Waals surface area (Å²) in [6.45, 7) is 3.85. The molecule has 0 spiro atoms. The van der Waals surface area contributed by atoms with Crippen molar-refractivity contribution >= 4 is 32.8 Å². The number of fused-ring (bicyclic) bond motifs is 1. The summed E-state index contributed by atoms with van der Waals surface area (Å²) < 4.78 is 41.8. The number of nitrogens with one attached hydrogen (secondary N) is 2. The van der Waals surface area contributed by atoms with Gasteiger partial charge in [0.1, 0.15) is 22.0 Å². The first-order valence-corrected chi connectivity index (χ1v) is 15.0. The van der Waals surface area contributed by atoms with E-state index in [0.717, 1.165) is 54.8 Å². The molecule has 0 radical (unpaired) electrons. The van der Waals surface area contributed by atoms with Gasteiger partial charge in [-0.25, -0.2) is 32.7 Å². The summed E-state index contributed by atoms with van der Waals surface area (Å²) in [5, 5.41) is 3.52. The van der Waals surface area contributed by atoms with Crippen LogP contribution in [0.5, 0.6) is 0 Å². The van der Waals surface area contributed by atoms with E-state index in [0.29, 0.717) is 34.9 Å². The van der Waals surface area contributed by atoms with Crippen LogP contribution in [0.15, 0.2) is 53.6 Å². The molecule has 11 heteroatoms. The van der Waals surface area contributed by atoms with Gasteiger partial charge in [0.15, 0.2) is 0 Å². The van der Waals surface area contributed by atoms with Crippen molar-refractivity contribution in [3.8, 4) is 11.3 Å². The zero-order valence-electron chi connectivity index (χ0n) is 23.1. The molecule has 0 bridgehead atoms. The molecule has 9 nitrogen and oxygen atoms in total. The maximum atomic E-state index is 14.1. The Kier molecular flexibility index (Phi) is 7.95. The average Bonchev–Trinajstić information content (AvgIpc) is 2.93. The monoisotopic (exact) mass is 563 g/mol. The van der Waals surface area contributed by atoms with Crippen LogP contribution in [0.4, 0.5) is 16.2 Å². The maximum Gasteiger partial charge on any atom is 0.265 e. The molecule has 3 heterocycles. The zero-order valence-corrected chi connectivity index (χ0v) is 24.0. The molecule has 0 amide bonds. The molecule has 3 aromatic heterocycles. The highest BCUT2D eigenvalue weighted by molar-refractivity contribution is 7.92. The van der Waals surface area contributed by atoms with Gasteiger partial charge in [0, 0.05) is 23.3 Å². The molecule has 0 aliphatic heterocycles. The predicted octanol–water partition coefficient (Wildman–Crippen LogP) is 5.18. The van der Waals surface area contributed by atoms with E-state index < -0.39 is 20.7 Å². The largest absolute Gasteiger partial charge is 0.351 e. The van der Waals surface area contributed by atoms with Crippen molar-refractivity contribution in [2.24, 2.45) is 0 Å². The van der Waals surface area contributed by atoms with Crippen molar-refractivity contribution in [3.63, 3.8) is 0 Å². The standard InChI is InChI=1S/C29H34FN7O2S/c1-5-19-16-24(22-14-15-27(32-18(22)2)36-40(38,39)26-9-7-6-8-23(26)30)34-25-17-31-29(35-28(19)25)33-20-10-12-21(13-11-20)37(3)4/h6-9,14-17,20-21H,5,10-13H2,1-4H3,(H,32,36)(H,31,33,35)/t20-,21-. The first-order valence-electron chi connectivity index (χ1n) is 13.5. The summed E-state index contributed by atoms with van der Waals surface area (Å²) >= 11 is 0. The minimum atomic E-state index is -4.13. The third-order valence-corrected chi connectivity index (χ3v) is 8.88. The summed E-state index contributed by atoms with van der Waals surface area (Å²) in [6.07, 6.45) is 6.98. The lowest BCUT2D eigenvalue weighted by atomic mass is 9.91. The highest BCUT2D eigenvalue weighted by atomic mass is 32.2. The minimum Gasteiger partial charge on any atom is -0.351 e. The van der Waals surface area contributed by atoms with Crippen LogP contribution in [0.1, 0.15) is 43.9 Å². The van der Waals surface area contributed by atoms with E-state index in [4.69, 9.17) is 9.97 Å². The second-order valence-corrected chi connectivity index (χ2v) is 12.1. The molecule has 1 fully saturated rings. The Morgan fingerprint density at radius 2 is 1.77 bits per heavy atom. The van der Waals surface area contributed by atoms with Crippen molar-refractivity contribution < 1.29 is 12.8 Å². The van der Waals surface area contributed by atoms with Crippen LogP contribution >= 0.6 is 0 Å². The van der Waals surface area contributed by atoms with Crippen molar-refractivity contribution in [2.45, 2.75) is 62.9 Å². The van der Waals surface area contributed by atoms with Crippen LogP contribution in [-0.4, -0.2) is 59.4 Å². The van der Waals surface area contributed by atoms with Crippen molar-refractivity contribution in [1.29, 1.82) is 0 Å². The smallest absolute Gasteiger partial charge is 0.265 e. The second kappa shape index (κ2) is 11.4. The quantitative estimate of drug-likeness (QED) is 0.302. The normalized spacial score (nSPS) is 17.8. The van der Waals surface area contributed by atoms with Gasteiger partial charge in [-0.3, -0.25) is 4.72 Å². The zero-order chi connectivity index (χ0) is 28.4. The molecule has 2 N–H and O–H groups in total. The van der Waals surface area contributed by atoms with Gasteiger partial charge in [-0.1, -0.05) is 19.1 Å². The van der Waals surface area contributed by atoms with Gasteiger partial charge in [0.25, 0.3) is 10.0 Å². The fraction of sp³-hybridized carbons (Fsp3) is 0.379. The van der Waals surface area contributed by atoms with E-state index in [1.807, 2.05) is 6.07 Å². The van der Waals surface area contributed by atoms with E-state index in [1.165, 1.54) is 18.2 Å². The predicted molar refractivity (Wildman–Crippen MR) is 155 cm³/mol. The fourth-order valence-electron chi connectivity index (χ4n) is 5.23. The lowest BCUT2D eigenvalue weighted by Gasteiger charge is -2.32. The number of hydrogen-bond donors (Lipinski definition) is 2. The number of sulfonamides is 1. The van der Waals surface area contributed by atoms with E-state index in [-0.39, 0.29) is 5.82 Å². The Morgan fingerprint density at radius 3 is 2.45 bits per heavy atom. The molecule has 40 heavy (non-hydrogen) atoms. The van der Waals surface area contributed by atoms with Gasteiger partial charge in [-0.2, -0.15) is 0 Å². The molecule has 1 saturated carbocycles. The molecular weight excluding hydrogens is 529 g/mol. The third kappa shape index (κ3) is 5.90. The SMILES string of the molecule is CCc1cc(-c2ccc(NS(=O)(=O)c3ccccc3F)nc2C)nc2cnc(N[C@H]3CC[C@H](N(C)C)CC3)nc12. The van der Waals surface area contributed by atoms with Gasteiger partial charge in [-0.15, -0.1) is 0 Å². The molecule has 1 aliphatic rings. The van der Waals surface area contributed by atoms with E-state index in [2.05, 4.69) is 45.9 Å². The summed E-state index contributed by atoms with van der Waals surface area (Å²) in [7, 11) is 0.151. The summed E-state index contributed by atoms with van der Waals surface area (Å²) in [4.78, 5) is 20.5. The van der Waals surface area contributed by atoms with E-state index in [1.54, 1.807) is 25.3 Å². The van der Waals surface area contributed by atoms with Gasteiger partial charge >= 0.3 is 0 Å². The number of aromatic nitrogens is 4. The van der Waals surface area contributed by atoms with Crippen molar-refractivity contribution in [1.82, 2.24) is 24.8 Å². The Labute approximate surface area is 234 Å². The van der Waals surface area contributed by atoms with Crippen LogP contribution < -0.4 is 10.0 Å². The lowest BCUT2D eigenvalue weighted by Crippen LogP contribution is -2.36. The molecule has 210 valence electrons. The van der Waals surface area contributed by atoms with E-state index >= 15 is 0 Å². The van der Waals surface area contributed by atoms with E-state index in [9.17, 15) is 12.8 Å². The summed E-state index contributed by atoms with van der Waals surface area (Å²) in [5.41, 5.74) is 4.56. The Bertz CT molecular complexity index is 1640. The molecular formula is C29H34FN7O2S. The number of pyridine rings is 2. The van der Waals surface area contributed by atoms with Crippen LogP contribution in [0.3, 0.4) is 0 Å². The number of hydrogen-bond acceptors (Lipinski definition) is 8. The van der Waals surface area contributed by atoms with Gasteiger partial charge in [-0.05, 0) is 89.0 Å². The summed E-state index contributed by atoms with van der Waals surface area (Å²) in [5.74, 6) is -0.109. The molecule has 0 unspecified atom stereocenters. The van der Waals surface area contributed by atoms with Crippen LogP contribution in [0, 0.1) is 12.7 Å². The van der Waals surface area contributed by atoms with Gasteiger partial charge in [0.05, 0.1) is 17.4 Å². The van der Waals surface area contributed by atoms with Crippen LogP contribution in [-0.2, 0) is 16.4 Å². The average molecular weight is 564 g/mol. The Hall–Kier alpha value is -3.70. The lowest BCUT2D eigenvalue weighted by molar-refractivity contribution is 0.221. The van der Waals surface area contributed by atoms with Crippen LogP contribution in [0.25, 0.3) is 22.3 Å². The number of benzene rings is 1. The number of nitrogens with zero attached hydrogens (tertiary/aromatic N) is 5. The number of anilines is 2. The minimum absolute atomic E-state index is 0.0969. The third-order valence-electron chi connectivity index (χ3n) is 7.49. The molecule has 0 saturated heterocycles. The molecule has 5 rings (SSSR count). The molecule has 1 aromatic carbocycles. The van der Waals surface area contributed by atoms with Crippen molar-refractivity contribution in [3.05, 3.63) is 65.7 Å². The Balaban J connectivity index is 1.37. The Morgan fingerprint density at radius 1 is 1.02 bits per heavy atom. The first-order chi connectivity index (χ1) is 19.1. The highest BCUT2D eigenvalue weighted by Gasteiger charge is 2.23. The highest BCUT2D eigenvalue weighted by Crippen LogP contribution is 2.29.